The lowest BCUT2D eigenvalue weighted by molar-refractivity contribution is -0.385. The number of hydrogen-bond donors (Lipinski definition) is 0. The highest BCUT2D eigenvalue weighted by atomic mass is 79.9. The maximum Gasteiger partial charge on any atom is 0.284 e. The maximum absolute atomic E-state index is 12.5. The third-order valence-corrected chi connectivity index (χ3v) is 4.13. The number of nitro groups is 1. The number of nitro benzene ring substituents is 1. The summed E-state index contributed by atoms with van der Waals surface area (Å²) in [7, 11) is 0. The monoisotopic (exact) mass is 356 g/mol. The van der Waals surface area contributed by atoms with E-state index in [9.17, 15) is 14.9 Å². The van der Waals surface area contributed by atoms with Crippen LogP contribution in [-0.2, 0) is 4.74 Å². The van der Waals surface area contributed by atoms with Crippen LogP contribution >= 0.6 is 15.9 Å². The summed E-state index contributed by atoms with van der Waals surface area (Å²) in [6, 6.07) is 4.45. The number of nitrogens with zero attached hydrogens (tertiary/aromatic N) is 2. The number of rotatable bonds is 4. The predicted molar refractivity (Wildman–Crippen MR) is 81.3 cm³/mol. The van der Waals surface area contributed by atoms with E-state index in [2.05, 4.69) is 15.9 Å². The van der Waals surface area contributed by atoms with Gasteiger partial charge in [0.1, 0.15) is 0 Å². The average Bonchev–Trinajstić information content (AvgIpc) is 2.47. The Balaban J connectivity index is 2.16. The van der Waals surface area contributed by atoms with Crippen LogP contribution in [0.1, 0.15) is 30.1 Å². The molecule has 7 heteroatoms. The molecule has 1 heterocycles. The van der Waals surface area contributed by atoms with Gasteiger partial charge >= 0.3 is 0 Å². The Kier molecular flexibility index (Phi) is 5.30. The number of halogens is 1. The first kappa shape index (κ1) is 15.9. The van der Waals surface area contributed by atoms with E-state index in [0.717, 1.165) is 12.8 Å². The SMILES string of the molecule is CCOC1CCCN(C(=O)c2ccc(Br)c([N+](=O)[O-])c2)C1. The molecule has 1 aliphatic rings. The molecule has 0 saturated carbocycles. The summed E-state index contributed by atoms with van der Waals surface area (Å²) < 4.78 is 5.94. The molecule has 0 bridgehead atoms. The Morgan fingerprint density at radius 3 is 3.00 bits per heavy atom. The van der Waals surface area contributed by atoms with E-state index in [1.807, 2.05) is 6.92 Å². The Bertz CT molecular complexity index is 548. The van der Waals surface area contributed by atoms with Gasteiger partial charge in [-0.3, -0.25) is 14.9 Å². The largest absolute Gasteiger partial charge is 0.377 e. The van der Waals surface area contributed by atoms with Gasteiger partial charge in [-0.1, -0.05) is 0 Å². The van der Waals surface area contributed by atoms with Gasteiger partial charge in [-0.05, 0) is 47.8 Å². The second-order valence-corrected chi connectivity index (χ2v) is 5.75. The van der Waals surface area contributed by atoms with E-state index in [-0.39, 0.29) is 17.7 Å². The minimum atomic E-state index is -0.500. The minimum absolute atomic E-state index is 0.0538. The second kappa shape index (κ2) is 7.00. The molecule has 0 aliphatic carbocycles. The second-order valence-electron chi connectivity index (χ2n) is 4.89. The van der Waals surface area contributed by atoms with E-state index in [0.29, 0.717) is 29.7 Å². The molecule has 0 spiro atoms. The van der Waals surface area contributed by atoms with Crippen LogP contribution in [0.4, 0.5) is 5.69 Å². The van der Waals surface area contributed by atoms with Gasteiger partial charge in [0.15, 0.2) is 0 Å². The molecule has 21 heavy (non-hydrogen) atoms. The van der Waals surface area contributed by atoms with Crippen molar-refractivity contribution in [3.8, 4) is 0 Å². The lowest BCUT2D eigenvalue weighted by Crippen LogP contribution is -2.43. The molecule has 0 N–H and O–H groups in total. The van der Waals surface area contributed by atoms with Crippen molar-refractivity contribution in [2.24, 2.45) is 0 Å². The highest BCUT2D eigenvalue weighted by Crippen LogP contribution is 2.26. The number of likely N-dealkylation sites (tertiary alicyclic amines) is 1. The van der Waals surface area contributed by atoms with Crippen LogP contribution in [0.15, 0.2) is 22.7 Å². The highest BCUT2D eigenvalue weighted by molar-refractivity contribution is 9.10. The molecule has 2 rings (SSSR count). The number of hydrogen-bond acceptors (Lipinski definition) is 4. The molecule has 1 fully saturated rings. The molecule has 1 aromatic rings. The molecule has 114 valence electrons. The van der Waals surface area contributed by atoms with Crippen LogP contribution in [0, 0.1) is 10.1 Å². The first-order valence-corrected chi connectivity index (χ1v) is 7.67. The third kappa shape index (κ3) is 3.79. The number of carbonyl (C=O) groups is 1. The van der Waals surface area contributed by atoms with E-state index >= 15 is 0 Å². The Hall–Kier alpha value is -1.47. The molecule has 1 aliphatic heterocycles. The van der Waals surface area contributed by atoms with Gasteiger partial charge in [-0.2, -0.15) is 0 Å². The van der Waals surface area contributed by atoms with Crippen molar-refractivity contribution in [2.45, 2.75) is 25.9 Å². The van der Waals surface area contributed by atoms with Gasteiger partial charge in [-0.15, -0.1) is 0 Å². The molecule has 1 atom stereocenters. The standard InChI is InChI=1S/C14H17BrN2O4/c1-2-21-11-4-3-7-16(9-11)14(18)10-5-6-12(15)13(8-10)17(19)20/h5-6,8,11H,2-4,7,9H2,1H3. The van der Waals surface area contributed by atoms with Crippen molar-refractivity contribution in [2.75, 3.05) is 19.7 Å². The zero-order valence-electron chi connectivity index (χ0n) is 11.8. The number of ether oxygens (including phenoxy) is 1. The third-order valence-electron chi connectivity index (χ3n) is 3.46. The molecule has 1 aromatic carbocycles. The van der Waals surface area contributed by atoms with Gasteiger partial charge in [0.05, 0.1) is 15.5 Å². The van der Waals surface area contributed by atoms with Crippen molar-refractivity contribution in [3.63, 3.8) is 0 Å². The number of benzene rings is 1. The van der Waals surface area contributed by atoms with Gasteiger partial charge < -0.3 is 9.64 Å². The number of piperidine rings is 1. The van der Waals surface area contributed by atoms with Gasteiger partial charge in [0.25, 0.3) is 11.6 Å². The Morgan fingerprint density at radius 2 is 2.33 bits per heavy atom. The fraction of sp³-hybridized carbons (Fsp3) is 0.500. The fourth-order valence-corrected chi connectivity index (χ4v) is 2.85. The zero-order chi connectivity index (χ0) is 15.4. The summed E-state index contributed by atoms with van der Waals surface area (Å²) >= 11 is 3.12. The van der Waals surface area contributed by atoms with Crippen molar-refractivity contribution in [3.05, 3.63) is 38.3 Å². The summed E-state index contributed by atoms with van der Waals surface area (Å²) in [5.41, 5.74) is 0.237. The summed E-state index contributed by atoms with van der Waals surface area (Å²) in [6.45, 7) is 3.75. The van der Waals surface area contributed by atoms with Crippen LogP contribution in [0.2, 0.25) is 0 Å². The molecular weight excluding hydrogens is 340 g/mol. The van der Waals surface area contributed by atoms with Crippen LogP contribution in [0.5, 0.6) is 0 Å². The van der Waals surface area contributed by atoms with Crippen LogP contribution < -0.4 is 0 Å². The lowest BCUT2D eigenvalue weighted by Gasteiger charge is -2.32. The van der Waals surface area contributed by atoms with E-state index in [4.69, 9.17) is 4.74 Å². The van der Waals surface area contributed by atoms with Crippen molar-refractivity contribution in [1.29, 1.82) is 0 Å². The Labute approximate surface area is 131 Å². The molecule has 1 saturated heterocycles. The van der Waals surface area contributed by atoms with Crippen LogP contribution in [0.3, 0.4) is 0 Å². The molecule has 0 radical (unpaired) electrons. The van der Waals surface area contributed by atoms with Crippen molar-refractivity contribution >= 4 is 27.5 Å². The Morgan fingerprint density at radius 1 is 1.57 bits per heavy atom. The fourth-order valence-electron chi connectivity index (χ4n) is 2.46. The topological polar surface area (TPSA) is 72.7 Å². The maximum atomic E-state index is 12.5. The van der Waals surface area contributed by atoms with Crippen molar-refractivity contribution in [1.82, 2.24) is 4.90 Å². The zero-order valence-corrected chi connectivity index (χ0v) is 13.3. The molecule has 0 aromatic heterocycles. The smallest absolute Gasteiger partial charge is 0.284 e. The summed E-state index contributed by atoms with van der Waals surface area (Å²) in [4.78, 5) is 24.6. The quantitative estimate of drug-likeness (QED) is 0.613. The molecule has 6 nitrogen and oxygen atoms in total. The normalized spacial score (nSPS) is 18.6. The van der Waals surface area contributed by atoms with E-state index in [1.54, 1.807) is 11.0 Å². The predicted octanol–water partition coefficient (Wildman–Crippen LogP) is 3.00. The van der Waals surface area contributed by atoms with E-state index in [1.165, 1.54) is 12.1 Å². The van der Waals surface area contributed by atoms with Crippen LogP contribution in [-0.4, -0.2) is 41.5 Å². The first-order valence-electron chi connectivity index (χ1n) is 6.87. The average molecular weight is 357 g/mol. The molecule has 1 unspecified atom stereocenters. The highest BCUT2D eigenvalue weighted by Gasteiger charge is 2.26. The summed E-state index contributed by atoms with van der Waals surface area (Å²) in [5, 5.41) is 10.9. The number of carbonyl (C=O) groups excluding carboxylic acids is 1. The summed E-state index contributed by atoms with van der Waals surface area (Å²) in [5.74, 6) is -0.185. The summed E-state index contributed by atoms with van der Waals surface area (Å²) in [6.07, 6.45) is 1.88. The van der Waals surface area contributed by atoms with Gasteiger partial charge in [0, 0.05) is 31.3 Å². The minimum Gasteiger partial charge on any atom is -0.377 e. The van der Waals surface area contributed by atoms with Gasteiger partial charge in [0.2, 0.25) is 0 Å². The van der Waals surface area contributed by atoms with Gasteiger partial charge in [-0.25, -0.2) is 0 Å². The molecular formula is C14H17BrN2O4. The van der Waals surface area contributed by atoms with Crippen molar-refractivity contribution < 1.29 is 14.5 Å². The molecule has 1 amide bonds. The lowest BCUT2D eigenvalue weighted by atomic mass is 10.1. The van der Waals surface area contributed by atoms with Crippen LogP contribution in [0.25, 0.3) is 0 Å². The number of amides is 1. The van der Waals surface area contributed by atoms with E-state index < -0.39 is 4.92 Å². The first-order chi connectivity index (χ1) is 10.0.